The lowest BCUT2D eigenvalue weighted by Gasteiger charge is -2.24. The molecule has 0 aromatic heterocycles. The van der Waals surface area contributed by atoms with E-state index in [-0.39, 0.29) is 0 Å². The molecule has 0 saturated carbocycles. The summed E-state index contributed by atoms with van der Waals surface area (Å²) in [4.78, 5) is 16.9. The quantitative estimate of drug-likeness (QED) is 0.821. The van der Waals surface area contributed by atoms with Gasteiger partial charge in [0, 0.05) is 5.02 Å². The number of nitrogens with two attached hydrogens (primary N) is 1. The summed E-state index contributed by atoms with van der Waals surface area (Å²) < 4.78 is 0. The number of benzene rings is 1. The topological polar surface area (TPSA) is 78.5 Å². The highest BCUT2D eigenvalue weighted by Crippen LogP contribution is 2.30. The summed E-state index contributed by atoms with van der Waals surface area (Å²) in [5.41, 5.74) is 6.46. The standard InChI is InChI=1S/C11H13ClN3O2/c1-10(2)14-11(9(13)16,15-17-10)7-3-5-8(12)6-4-7/h3-6,15H,1-2H3,(H2,13,16). The van der Waals surface area contributed by atoms with Gasteiger partial charge in [0.1, 0.15) is 0 Å². The van der Waals surface area contributed by atoms with Crippen LogP contribution in [0.1, 0.15) is 19.4 Å². The van der Waals surface area contributed by atoms with E-state index in [0.29, 0.717) is 10.6 Å². The lowest BCUT2D eigenvalue weighted by atomic mass is 9.98. The Morgan fingerprint density at radius 2 is 2.00 bits per heavy atom. The maximum absolute atomic E-state index is 11.6. The van der Waals surface area contributed by atoms with E-state index in [1.807, 2.05) is 0 Å². The largest absolute Gasteiger partial charge is 0.366 e. The van der Waals surface area contributed by atoms with E-state index in [2.05, 4.69) is 10.8 Å². The van der Waals surface area contributed by atoms with Gasteiger partial charge < -0.3 is 5.73 Å². The molecule has 1 heterocycles. The molecule has 91 valence electrons. The second-order valence-electron chi connectivity index (χ2n) is 4.34. The van der Waals surface area contributed by atoms with Crippen molar-refractivity contribution in [3.63, 3.8) is 0 Å². The SMILES string of the molecule is CC1(C)[N]C(C(N)=O)(c2ccc(Cl)cc2)NO1. The Morgan fingerprint density at radius 3 is 2.41 bits per heavy atom. The highest BCUT2D eigenvalue weighted by Gasteiger charge is 2.51. The van der Waals surface area contributed by atoms with E-state index >= 15 is 0 Å². The molecule has 1 fully saturated rings. The highest BCUT2D eigenvalue weighted by molar-refractivity contribution is 6.30. The molecule has 2 rings (SSSR count). The Balaban J connectivity index is 2.43. The van der Waals surface area contributed by atoms with E-state index in [4.69, 9.17) is 22.2 Å². The van der Waals surface area contributed by atoms with Crippen molar-refractivity contribution in [1.29, 1.82) is 0 Å². The van der Waals surface area contributed by atoms with Gasteiger partial charge in [-0.2, -0.15) is 10.8 Å². The first-order valence-electron chi connectivity index (χ1n) is 5.11. The number of primary amides is 1. The van der Waals surface area contributed by atoms with Crippen LogP contribution in [-0.2, 0) is 15.3 Å². The number of hydrogen-bond acceptors (Lipinski definition) is 3. The van der Waals surface area contributed by atoms with Crippen LogP contribution < -0.4 is 16.5 Å². The zero-order chi connectivity index (χ0) is 12.7. The average molecular weight is 255 g/mol. The number of carbonyl (C=O) groups is 1. The molecule has 0 bridgehead atoms. The fourth-order valence-electron chi connectivity index (χ4n) is 1.71. The van der Waals surface area contributed by atoms with Gasteiger partial charge in [-0.1, -0.05) is 23.7 Å². The molecule has 1 amide bonds. The Bertz CT molecular complexity index is 447. The number of hydroxylamine groups is 1. The number of nitrogens with one attached hydrogen (secondary N) is 1. The molecule has 1 atom stereocenters. The van der Waals surface area contributed by atoms with E-state index in [1.165, 1.54) is 0 Å². The molecule has 0 spiro atoms. The van der Waals surface area contributed by atoms with E-state index in [1.54, 1.807) is 38.1 Å². The van der Waals surface area contributed by atoms with E-state index in [0.717, 1.165) is 0 Å². The number of halogens is 1. The van der Waals surface area contributed by atoms with Gasteiger partial charge in [0.2, 0.25) is 5.66 Å². The highest BCUT2D eigenvalue weighted by atomic mass is 35.5. The maximum Gasteiger partial charge on any atom is 0.261 e. The van der Waals surface area contributed by atoms with Crippen LogP contribution in [0.4, 0.5) is 0 Å². The fraction of sp³-hybridized carbons (Fsp3) is 0.364. The lowest BCUT2D eigenvalue weighted by Crippen LogP contribution is -2.54. The van der Waals surface area contributed by atoms with Crippen molar-refractivity contribution in [3.05, 3.63) is 34.9 Å². The van der Waals surface area contributed by atoms with Gasteiger partial charge in [-0.25, -0.2) is 0 Å². The van der Waals surface area contributed by atoms with Gasteiger partial charge >= 0.3 is 0 Å². The Kier molecular flexibility index (Phi) is 2.87. The average Bonchev–Trinajstić information content (AvgIpc) is 2.57. The summed E-state index contributed by atoms with van der Waals surface area (Å²) in [6.45, 7) is 3.47. The van der Waals surface area contributed by atoms with Crippen molar-refractivity contribution >= 4 is 17.5 Å². The summed E-state index contributed by atoms with van der Waals surface area (Å²) in [6, 6.07) is 6.72. The molecule has 1 aliphatic heterocycles. The normalized spacial score (nSPS) is 27.0. The maximum atomic E-state index is 11.6. The summed E-state index contributed by atoms with van der Waals surface area (Å²) >= 11 is 5.80. The second kappa shape index (κ2) is 3.96. The van der Waals surface area contributed by atoms with Gasteiger partial charge in [0.15, 0.2) is 5.72 Å². The molecule has 1 aromatic rings. The lowest BCUT2D eigenvalue weighted by molar-refractivity contribution is -0.128. The van der Waals surface area contributed by atoms with Gasteiger partial charge in [-0.05, 0) is 31.5 Å². The first-order chi connectivity index (χ1) is 7.86. The third-order valence-electron chi connectivity index (χ3n) is 2.50. The zero-order valence-corrected chi connectivity index (χ0v) is 10.3. The Morgan fingerprint density at radius 1 is 1.41 bits per heavy atom. The summed E-state index contributed by atoms with van der Waals surface area (Å²) in [7, 11) is 0. The fourth-order valence-corrected chi connectivity index (χ4v) is 1.84. The monoisotopic (exact) mass is 254 g/mol. The van der Waals surface area contributed by atoms with Crippen LogP contribution in [0.2, 0.25) is 5.02 Å². The van der Waals surface area contributed by atoms with Crippen molar-refractivity contribution in [2.75, 3.05) is 0 Å². The van der Waals surface area contributed by atoms with Crippen molar-refractivity contribution in [1.82, 2.24) is 10.8 Å². The molecule has 1 saturated heterocycles. The van der Waals surface area contributed by atoms with Crippen LogP contribution in [0.25, 0.3) is 0 Å². The molecule has 1 aromatic carbocycles. The summed E-state index contributed by atoms with van der Waals surface area (Å²) in [5, 5.41) is 4.88. The van der Waals surface area contributed by atoms with Crippen LogP contribution >= 0.6 is 11.6 Å². The molecular weight excluding hydrogens is 242 g/mol. The number of hydrogen-bond donors (Lipinski definition) is 2. The summed E-state index contributed by atoms with van der Waals surface area (Å²) in [5.74, 6) is -0.620. The number of amides is 1. The second-order valence-corrected chi connectivity index (χ2v) is 4.78. The number of nitrogens with zero attached hydrogens (tertiary/aromatic N) is 1. The van der Waals surface area contributed by atoms with Gasteiger partial charge in [-0.3, -0.25) is 9.63 Å². The minimum Gasteiger partial charge on any atom is -0.366 e. The van der Waals surface area contributed by atoms with E-state index in [9.17, 15) is 4.79 Å². The van der Waals surface area contributed by atoms with Gasteiger partial charge in [-0.15, -0.1) is 0 Å². The van der Waals surface area contributed by atoms with Crippen LogP contribution in [-0.4, -0.2) is 11.6 Å². The van der Waals surface area contributed by atoms with Gasteiger partial charge in [0.05, 0.1) is 0 Å². The third kappa shape index (κ3) is 2.14. The Hall–Kier alpha value is -1.14. The smallest absolute Gasteiger partial charge is 0.261 e. The number of carbonyl (C=O) groups excluding carboxylic acids is 1. The molecule has 6 heteroatoms. The van der Waals surface area contributed by atoms with Crippen LogP contribution in [0.15, 0.2) is 24.3 Å². The minimum atomic E-state index is -1.35. The van der Waals surface area contributed by atoms with Crippen LogP contribution in [0.3, 0.4) is 0 Å². The minimum absolute atomic E-state index is 0.576. The Labute approximate surface area is 104 Å². The van der Waals surface area contributed by atoms with Crippen LogP contribution in [0.5, 0.6) is 0 Å². The molecule has 1 aliphatic rings. The predicted octanol–water partition coefficient (Wildman–Crippen LogP) is 0.853. The predicted molar refractivity (Wildman–Crippen MR) is 62.8 cm³/mol. The third-order valence-corrected chi connectivity index (χ3v) is 2.76. The van der Waals surface area contributed by atoms with Crippen molar-refractivity contribution < 1.29 is 9.63 Å². The molecule has 5 nitrogen and oxygen atoms in total. The van der Waals surface area contributed by atoms with Crippen LogP contribution in [0, 0.1) is 0 Å². The first kappa shape index (κ1) is 12.3. The zero-order valence-electron chi connectivity index (χ0n) is 9.53. The summed E-state index contributed by atoms with van der Waals surface area (Å²) in [6.07, 6.45) is 0. The molecular formula is C11H13ClN3O2. The molecule has 3 N–H and O–H groups in total. The van der Waals surface area contributed by atoms with E-state index < -0.39 is 17.3 Å². The van der Waals surface area contributed by atoms with Crippen molar-refractivity contribution in [3.8, 4) is 0 Å². The van der Waals surface area contributed by atoms with Gasteiger partial charge in [0.25, 0.3) is 5.91 Å². The molecule has 17 heavy (non-hydrogen) atoms. The number of rotatable bonds is 2. The molecule has 0 aliphatic carbocycles. The van der Waals surface area contributed by atoms with Crippen molar-refractivity contribution in [2.24, 2.45) is 5.73 Å². The first-order valence-corrected chi connectivity index (χ1v) is 5.49. The van der Waals surface area contributed by atoms with Crippen molar-refractivity contribution in [2.45, 2.75) is 25.2 Å². The molecule has 1 radical (unpaired) electrons. The molecule has 1 unspecified atom stereocenters.